The monoisotopic (exact) mass is 215 g/mol. The highest BCUT2D eigenvalue weighted by Gasteiger charge is 2.20. The number of hydrogen-bond acceptors (Lipinski definition) is 1. The first-order chi connectivity index (χ1) is 6.43. The van der Waals surface area contributed by atoms with Crippen molar-refractivity contribution < 1.29 is 27.0 Å². The Morgan fingerprint density at radius 1 is 1.29 bits per heavy atom. The van der Waals surface area contributed by atoms with Crippen LogP contribution in [0.3, 0.4) is 0 Å². The smallest absolute Gasteiger partial charge is 0.448 e. The van der Waals surface area contributed by atoms with Crippen LogP contribution in [0.15, 0.2) is 0 Å². The van der Waals surface area contributed by atoms with E-state index in [0.29, 0.717) is 0 Å². The van der Waals surface area contributed by atoms with E-state index in [4.69, 9.17) is 4.74 Å². The van der Waals surface area contributed by atoms with Gasteiger partial charge in [0.1, 0.15) is 6.54 Å². The number of hydrogen-bond donors (Lipinski definition) is 1. The maximum atomic E-state index is 9.75. The molecule has 84 valence electrons. The number of ether oxygens (including phenoxy) is 1. The van der Waals surface area contributed by atoms with Gasteiger partial charge in [0, 0.05) is 6.42 Å². The Hall–Kier alpha value is -0.745. The zero-order chi connectivity index (χ0) is 11.0. The summed E-state index contributed by atoms with van der Waals surface area (Å²) in [5, 5.41) is 0. The van der Waals surface area contributed by atoms with Crippen LogP contribution >= 0.6 is 0 Å². The molecule has 1 rings (SSSR count). The molecule has 0 aromatic carbocycles. The lowest BCUT2D eigenvalue weighted by molar-refractivity contribution is -0.474. The Labute approximate surface area is 80.5 Å². The molecule has 0 spiro atoms. The number of rotatable bonds is 1. The molecule has 1 heterocycles. The maximum absolute atomic E-state index is 9.75. The molecule has 0 fully saturated rings. The molecule has 1 aliphatic rings. The van der Waals surface area contributed by atoms with E-state index in [0.717, 1.165) is 25.5 Å². The third-order valence-corrected chi connectivity index (χ3v) is 1.47. The van der Waals surface area contributed by atoms with Gasteiger partial charge in [-0.05, 0) is 13.3 Å². The van der Waals surface area contributed by atoms with Gasteiger partial charge in [-0.3, -0.25) is 0 Å². The van der Waals surface area contributed by atoms with E-state index >= 15 is 0 Å². The van der Waals surface area contributed by atoms with E-state index in [1.165, 1.54) is 12.8 Å². The van der Waals surface area contributed by atoms with Crippen LogP contribution in [0.25, 0.3) is 0 Å². The van der Waals surface area contributed by atoms with Crippen molar-refractivity contribution in [1.29, 1.82) is 0 Å². The maximum Gasteiger partial charge on any atom is 0.673 e. The lowest BCUT2D eigenvalue weighted by atomic mass is 10.2. The molecule has 0 radical (unpaired) electrons. The summed E-state index contributed by atoms with van der Waals surface area (Å²) in [6.45, 7) is 3.90. The third kappa shape index (κ3) is 11.3. The van der Waals surface area contributed by atoms with Gasteiger partial charge < -0.3 is 22.0 Å². The molecule has 0 aromatic rings. The van der Waals surface area contributed by atoms with E-state index in [2.05, 4.69) is 4.99 Å². The molecule has 14 heavy (non-hydrogen) atoms. The van der Waals surface area contributed by atoms with E-state index < -0.39 is 7.25 Å². The molecule has 0 unspecified atom stereocenters. The summed E-state index contributed by atoms with van der Waals surface area (Å²) in [6.07, 6.45) is 3.67. The molecule has 0 atom stereocenters. The Bertz CT molecular complexity index is 177. The molecule has 0 bridgehead atoms. The van der Waals surface area contributed by atoms with Crippen molar-refractivity contribution in [2.75, 3.05) is 13.2 Å². The molecular weight excluding hydrogens is 201 g/mol. The number of halogens is 4. The SMILES string of the molecule is CCOC1=[NH+]CCCC1.F[B-](F)(F)F. The van der Waals surface area contributed by atoms with E-state index in [1.54, 1.807) is 0 Å². The normalized spacial score (nSPS) is 16.5. The van der Waals surface area contributed by atoms with E-state index in [-0.39, 0.29) is 0 Å². The van der Waals surface area contributed by atoms with Gasteiger partial charge in [-0.25, -0.2) is 4.99 Å². The molecule has 2 nitrogen and oxygen atoms in total. The van der Waals surface area contributed by atoms with Crippen molar-refractivity contribution >= 4 is 13.2 Å². The summed E-state index contributed by atoms with van der Waals surface area (Å²) >= 11 is 0. The van der Waals surface area contributed by atoms with Crippen LogP contribution in [0.5, 0.6) is 0 Å². The first-order valence-electron chi connectivity index (χ1n) is 4.53. The van der Waals surface area contributed by atoms with Crippen molar-refractivity contribution in [3.63, 3.8) is 0 Å². The quantitative estimate of drug-likeness (QED) is 0.511. The van der Waals surface area contributed by atoms with Gasteiger partial charge in [0.25, 0.3) is 0 Å². The summed E-state index contributed by atoms with van der Waals surface area (Å²) in [7, 11) is -6.00. The molecule has 1 N–H and O–H groups in total. The summed E-state index contributed by atoms with van der Waals surface area (Å²) in [5.41, 5.74) is 0. The minimum absolute atomic E-state index is 0.794. The molecule has 0 saturated heterocycles. The summed E-state index contributed by atoms with van der Waals surface area (Å²) in [4.78, 5) is 3.21. The van der Waals surface area contributed by atoms with Crippen LogP contribution < -0.4 is 4.99 Å². The second-order valence-corrected chi connectivity index (χ2v) is 2.73. The van der Waals surface area contributed by atoms with Gasteiger partial charge in [-0.2, -0.15) is 0 Å². The fraction of sp³-hybridized carbons (Fsp3) is 0.857. The lowest BCUT2D eigenvalue weighted by Gasteiger charge is -2.04. The van der Waals surface area contributed by atoms with Crippen molar-refractivity contribution in [2.45, 2.75) is 26.2 Å². The van der Waals surface area contributed by atoms with Crippen molar-refractivity contribution in [1.82, 2.24) is 0 Å². The average molecular weight is 215 g/mol. The van der Waals surface area contributed by atoms with Crippen LogP contribution in [0.1, 0.15) is 26.2 Å². The van der Waals surface area contributed by atoms with Crippen LogP contribution in [0.4, 0.5) is 17.3 Å². The van der Waals surface area contributed by atoms with E-state index in [1.807, 2.05) is 6.92 Å². The highest BCUT2D eigenvalue weighted by atomic mass is 19.5. The molecule has 0 amide bonds. The minimum atomic E-state index is -6.00. The first-order valence-corrected chi connectivity index (χ1v) is 4.53. The molecule has 1 aliphatic heterocycles. The highest BCUT2D eigenvalue weighted by Crippen LogP contribution is 2.06. The Kier molecular flexibility index (Phi) is 6.32. The zero-order valence-corrected chi connectivity index (χ0v) is 8.03. The van der Waals surface area contributed by atoms with Crippen molar-refractivity contribution in [3.05, 3.63) is 0 Å². The van der Waals surface area contributed by atoms with Gasteiger partial charge in [0.05, 0.1) is 13.0 Å². The van der Waals surface area contributed by atoms with E-state index in [9.17, 15) is 17.3 Å². The predicted molar refractivity (Wildman–Crippen MR) is 46.5 cm³/mol. The number of nitrogens with one attached hydrogen (secondary N) is 1. The molecular formula is C7H14BF4NO. The van der Waals surface area contributed by atoms with Crippen LogP contribution in [0.2, 0.25) is 0 Å². The fourth-order valence-corrected chi connectivity index (χ4v) is 1.02. The average Bonchev–Trinajstić information content (AvgIpc) is 2.03. The summed E-state index contributed by atoms with van der Waals surface area (Å²) in [6, 6.07) is 0. The van der Waals surface area contributed by atoms with Gasteiger partial charge >= 0.3 is 13.2 Å². The van der Waals surface area contributed by atoms with Gasteiger partial charge in [-0.1, -0.05) is 0 Å². The largest absolute Gasteiger partial charge is 0.673 e. The molecule has 7 heteroatoms. The predicted octanol–water partition coefficient (Wildman–Crippen LogP) is 0.986. The van der Waals surface area contributed by atoms with Gasteiger partial charge in [0.15, 0.2) is 0 Å². The van der Waals surface area contributed by atoms with Crippen LogP contribution in [0, 0.1) is 0 Å². The van der Waals surface area contributed by atoms with Crippen molar-refractivity contribution in [3.8, 4) is 0 Å². The van der Waals surface area contributed by atoms with Crippen molar-refractivity contribution in [2.24, 2.45) is 0 Å². The van der Waals surface area contributed by atoms with Gasteiger partial charge in [0.2, 0.25) is 0 Å². The standard InChI is InChI=1S/C7H13NO.BF4/c1-2-9-7-5-3-4-6-8-7;2-1(3,4)5/h2-6H2,1H3;/q;-1/p+1. The topological polar surface area (TPSA) is 23.2 Å². The second-order valence-electron chi connectivity index (χ2n) is 2.73. The Balaban J connectivity index is 0.000000292. The summed E-state index contributed by atoms with van der Waals surface area (Å²) in [5.74, 6) is 1.09. The molecule has 0 aliphatic carbocycles. The Morgan fingerprint density at radius 2 is 1.86 bits per heavy atom. The second kappa shape index (κ2) is 6.67. The zero-order valence-electron chi connectivity index (χ0n) is 8.03. The minimum Gasteiger partial charge on any atom is -0.448 e. The van der Waals surface area contributed by atoms with Gasteiger partial charge in [-0.15, -0.1) is 0 Å². The summed E-state index contributed by atoms with van der Waals surface area (Å²) < 4.78 is 44.3. The van der Waals surface area contributed by atoms with Crippen LogP contribution in [-0.4, -0.2) is 26.3 Å². The lowest BCUT2D eigenvalue weighted by Crippen LogP contribution is -2.75. The third-order valence-electron chi connectivity index (χ3n) is 1.47. The van der Waals surface area contributed by atoms with Crippen LogP contribution in [-0.2, 0) is 4.74 Å². The Morgan fingerprint density at radius 3 is 2.21 bits per heavy atom. The molecule has 0 aromatic heterocycles. The molecule has 0 saturated carbocycles. The highest BCUT2D eigenvalue weighted by molar-refractivity contribution is 6.50. The fourth-order valence-electron chi connectivity index (χ4n) is 1.02. The first kappa shape index (κ1) is 13.3.